The molecule has 2 heterocycles. The first-order valence-electron chi connectivity index (χ1n) is 5.30. The van der Waals surface area contributed by atoms with Crippen LogP contribution in [-0.4, -0.2) is 20.3 Å². The molecule has 0 saturated heterocycles. The summed E-state index contributed by atoms with van der Waals surface area (Å²) in [5, 5.41) is 6.57. The van der Waals surface area contributed by atoms with Crippen molar-refractivity contribution in [3.8, 4) is 0 Å². The Hall–Kier alpha value is -2.57. The van der Waals surface area contributed by atoms with Gasteiger partial charge in [0.2, 0.25) is 11.5 Å². The van der Waals surface area contributed by atoms with Gasteiger partial charge >= 0.3 is 0 Å². The first kappa shape index (κ1) is 11.9. The van der Waals surface area contributed by atoms with Gasteiger partial charge in [-0.05, 0) is 12.1 Å². The Balaban J connectivity index is 2.03. The molecule has 0 aromatic carbocycles. The number of aromatic nitrogens is 3. The number of nitrogens with zero attached hydrogens (tertiary/aromatic N) is 3. The lowest BCUT2D eigenvalue weighted by atomic mass is 10.4. The molecular weight excluding hydrogens is 234 g/mol. The van der Waals surface area contributed by atoms with Gasteiger partial charge in [-0.1, -0.05) is 0 Å². The lowest BCUT2D eigenvalue weighted by molar-refractivity contribution is -0.116. The van der Waals surface area contributed by atoms with Gasteiger partial charge in [0, 0.05) is 25.5 Å². The van der Waals surface area contributed by atoms with Crippen molar-refractivity contribution < 1.29 is 4.79 Å². The van der Waals surface area contributed by atoms with Crippen LogP contribution in [0.1, 0.15) is 0 Å². The van der Waals surface area contributed by atoms with Gasteiger partial charge < -0.3 is 15.6 Å². The second-order valence-corrected chi connectivity index (χ2v) is 3.85. The van der Waals surface area contributed by atoms with E-state index in [4.69, 9.17) is 5.73 Å². The number of carbonyl (C=O) groups excluding carboxylic acids is 1. The fraction of sp³-hybridized carbons (Fsp3) is 0.182. The van der Waals surface area contributed by atoms with E-state index in [0.717, 1.165) is 0 Å². The average Bonchev–Trinajstić information content (AvgIpc) is 2.69. The first-order valence-corrected chi connectivity index (χ1v) is 5.30. The molecule has 0 fully saturated rings. The summed E-state index contributed by atoms with van der Waals surface area (Å²) in [6, 6.07) is 4.55. The van der Waals surface area contributed by atoms with Crippen molar-refractivity contribution in [2.75, 3.05) is 11.1 Å². The fourth-order valence-corrected chi connectivity index (χ4v) is 1.48. The van der Waals surface area contributed by atoms with Crippen LogP contribution in [0, 0.1) is 0 Å². The molecular formula is C11H13N5O2. The third-order valence-electron chi connectivity index (χ3n) is 2.34. The molecule has 18 heavy (non-hydrogen) atoms. The van der Waals surface area contributed by atoms with E-state index in [2.05, 4.69) is 10.4 Å². The molecule has 2 aromatic heterocycles. The fourth-order valence-electron chi connectivity index (χ4n) is 1.48. The topological polar surface area (TPSA) is 94.9 Å². The summed E-state index contributed by atoms with van der Waals surface area (Å²) in [4.78, 5) is 22.9. The Bertz CT molecular complexity index is 628. The van der Waals surface area contributed by atoms with E-state index in [1.54, 1.807) is 31.6 Å². The Kier molecular flexibility index (Phi) is 3.13. The number of nitrogens with one attached hydrogen (secondary N) is 1. The van der Waals surface area contributed by atoms with E-state index in [-0.39, 0.29) is 18.0 Å². The molecule has 2 rings (SSSR count). The molecule has 0 radical (unpaired) electrons. The zero-order chi connectivity index (χ0) is 13.1. The normalized spacial score (nSPS) is 10.3. The molecule has 0 spiro atoms. The predicted octanol–water partition coefficient (Wildman–Crippen LogP) is -0.197. The molecule has 0 aliphatic carbocycles. The molecule has 7 heteroatoms. The van der Waals surface area contributed by atoms with Gasteiger partial charge in [0.1, 0.15) is 12.4 Å². The van der Waals surface area contributed by atoms with E-state index in [1.807, 2.05) is 0 Å². The highest BCUT2D eigenvalue weighted by Crippen LogP contribution is 2.03. The van der Waals surface area contributed by atoms with Crippen molar-refractivity contribution in [1.29, 1.82) is 0 Å². The van der Waals surface area contributed by atoms with Crippen LogP contribution in [0.25, 0.3) is 0 Å². The third-order valence-corrected chi connectivity index (χ3v) is 2.34. The van der Waals surface area contributed by atoms with Crippen molar-refractivity contribution in [3.05, 3.63) is 40.9 Å². The third kappa shape index (κ3) is 2.76. The maximum absolute atomic E-state index is 11.7. The number of carbonyl (C=O) groups is 1. The van der Waals surface area contributed by atoms with Crippen LogP contribution in [0.15, 0.2) is 35.4 Å². The number of amides is 1. The second-order valence-electron chi connectivity index (χ2n) is 3.85. The summed E-state index contributed by atoms with van der Waals surface area (Å²) >= 11 is 0. The smallest absolute Gasteiger partial charge is 0.250 e. The minimum absolute atomic E-state index is 0.0695. The molecule has 1 amide bonds. The van der Waals surface area contributed by atoms with Crippen LogP contribution in [-0.2, 0) is 18.4 Å². The summed E-state index contributed by atoms with van der Waals surface area (Å²) in [6.45, 7) is 0.0695. The number of rotatable bonds is 3. The Morgan fingerprint density at radius 3 is 2.83 bits per heavy atom. The molecule has 2 aromatic rings. The Morgan fingerprint density at radius 2 is 2.22 bits per heavy atom. The maximum Gasteiger partial charge on any atom is 0.250 e. The molecule has 94 valence electrons. The quantitative estimate of drug-likeness (QED) is 0.785. The van der Waals surface area contributed by atoms with Gasteiger partial charge in [-0.15, -0.1) is 0 Å². The van der Waals surface area contributed by atoms with E-state index < -0.39 is 0 Å². The number of anilines is 2. The minimum Gasteiger partial charge on any atom is -0.382 e. The van der Waals surface area contributed by atoms with Crippen molar-refractivity contribution in [2.45, 2.75) is 6.54 Å². The molecule has 0 saturated carbocycles. The number of aryl methyl sites for hydroxylation is 1. The molecule has 0 unspecified atom stereocenters. The Labute approximate surface area is 103 Å². The molecule has 0 aliphatic heterocycles. The summed E-state index contributed by atoms with van der Waals surface area (Å²) in [5.74, 6) is 0.127. The van der Waals surface area contributed by atoms with Gasteiger partial charge in [-0.25, -0.2) is 0 Å². The lowest BCUT2D eigenvalue weighted by Crippen LogP contribution is -2.21. The summed E-state index contributed by atoms with van der Waals surface area (Å²) in [7, 11) is 1.62. The summed E-state index contributed by atoms with van der Waals surface area (Å²) in [5.41, 5.74) is 5.87. The number of nitrogen functional groups attached to an aromatic ring is 1. The monoisotopic (exact) mass is 247 g/mol. The summed E-state index contributed by atoms with van der Waals surface area (Å²) in [6.07, 6.45) is 3.17. The number of pyridine rings is 1. The lowest BCUT2D eigenvalue weighted by Gasteiger charge is -2.06. The van der Waals surface area contributed by atoms with Gasteiger partial charge in [0.25, 0.3) is 0 Å². The van der Waals surface area contributed by atoms with Crippen LogP contribution >= 0.6 is 0 Å². The van der Waals surface area contributed by atoms with Crippen LogP contribution in [0.3, 0.4) is 0 Å². The van der Waals surface area contributed by atoms with Crippen molar-refractivity contribution in [2.24, 2.45) is 7.05 Å². The highest BCUT2D eigenvalue weighted by Gasteiger charge is 2.05. The van der Waals surface area contributed by atoms with Gasteiger partial charge in [-0.3, -0.25) is 14.3 Å². The molecule has 3 N–H and O–H groups in total. The highest BCUT2D eigenvalue weighted by atomic mass is 16.2. The van der Waals surface area contributed by atoms with E-state index in [1.165, 1.54) is 15.3 Å². The second kappa shape index (κ2) is 4.74. The van der Waals surface area contributed by atoms with E-state index in [9.17, 15) is 9.59 Å². The number of hydrogen-bond acceptors (Lipinski definition) is 4. The van der Waals surface area contributed by atoms with Gasteiger partial charge in [0.05, 0.1) is 5.69 Å². The summed E-state index contributed by atoms with van der Waals surface area (Å²) < 4.78 is 2.83. The minimum atomic E-state index is -0.239. The van der Waals surface area contributed by atoms with Crippen molar-refractivity contribution >= 4 is 17.4 Å². The van der Waals surface area contributed by atoms with Crippen LogP contribution in [0.2, 0.25) is 0 Å². The van der Waals surface area contributed by atoms with E-state index >= 15 is 0 Å². The van der Waals surface area contributed by atoms with Gasteiger partial charge in [-0.2, -0.15) is 5.10 Å². The molecule has 0 aliphatic rings. The number of nitrogens with two attached hydrogens (primary N) is 1. The van der Waals surface area contributed by atoms with Gasteiger partial charge in [0.15, 0.2) is 0 Å². The van der Waals surface area contributed by atoms with Crippen LogP contribution in [0.4, 0.5) is 11.5 Å². The SMILES string of the molecule is Cn1cc(NC(=O)Cn2ccc(N)n2)ccc1=O. The zero-order valence-electron chi connectivity index (χ0n) is 9.83. The first-order chi connectivity index (χ1) is 8.54. The van der Waals surface area contributed by atoms with Crippen LogP contribution in [0.5, 0.6) is 0 Å². The molecule has 7 nitrogen and oxygen atoms in total. The maximum atomic E-state index is 11.7. The van der Waals surface area contributed by atoms with Crippen molar-refractivity contribution in [3.63, 3.8) is 0 Å². The predicted molar refractivity (Wildman–Crippen MR) is 67.0 cm³/mol. The highest BCUT2D eigenvalue weighted by molar-refractivity contribution is 5.90. The molecule has 0 atom stereocenters. The standard InChI is InChI=1S/C11H13N5O2/c1-15-6-8(2-3-11(15)18)13-10(17)7-16-5-4-9(12)14-16/h2-6H,7H2,1H3,(H2,12,14)(H,13,17). The molecule has 0 bridgehead atoms. The van der Waals surface area contributed by atoms with E-state index in [0.29, 0.717) is 11.5 Å². The van der Waals surface area contributed by atoms with Crippen molar-refractivity contribution in [1.82, 2.24) is 14.3 Å². The Morgan fingerprint density at radius 1 is 1.44 bits per heavy atom. The number of hydrogen-bond donors (Lipinski definition) is 2. The van der Waals surface area contributed by atoms with Crippen LogP contribution < -0.4 is 16.6 Å². The largest absolute Gasteiger partial charge is 0.382 e. The average molecular weight is 247 g/mol. The zero-order valence-corrected chi connectivity index (χ0v) is 9.83.